The number of carbonyl (C=O) groups is 1. The monoisotopic (exact) mass is 285 g/mol. The van der Waals surface area contributed by atoms with E-state index >= 15 is 0 Å². The average molecular weight is 286 g/mol. The van der Waals surface area contributed by atoms with Crippen molar-refractivity contribution in [2.24, 2.45) is 5.92 Å². The van der Waals surface area contributed by atoms with Crippen LogP contribution in [0.5, 0.6) is 0 Å². The first-order chi connectivity index (χ1) is 7.68. The molecule has 0 radical (unpaired) electrons. The van der Waals surface area contributed by atoms with Gasteiger partial charge in [-0.3, -0.25) is 9.59 Å². The Labute approximate surface area is 101 Å². The highest BCUT2D eigenvalue weighted by atomic mass is 79.9. The highest BCUT2D eigenvalue weighted by Crippen LogP contribution is 2.14. The van der Waals surface area contributed by atoms with Gasteiger partial charge < -0.3 is 9.30 Å². The van der Waals surface area contributed by atoms with Crippen molar-refractivity contribution in [2.45, 2.75) is 13.0 Å². The van der Waals surface area contributed by atoms with Crippen LogP contribution in [0.1, 0.15) is 6.42 Å². The van der Waals surface area contributed by atoms with Crippen molar-refractivity contribution >= 4 is 21.7 Å². The quantitative estimate of drug-likeness (QED) is 0.839. The summed E-state index contributed by atoms with van der Waals surface area (Å²) in [6.45, 7) is 1.26. The van der Waals surface area contributed by atoms with Gasteiger partial charge in [0, 0.05) is 18.7 Å². The summed E-state index contributed by atoms with van der Waals surface area (Å²) in [6.07, 6.45) is 2.39. The zero-order valence-corrected chi connectivity index (χ0v) is 10.3. The molecule has 2 heterocycles. The largest absolute Gasteiger partial charge is 0.381 e. The Morgan fingerprint density at radius 1 is 1.62 bits per heavy atom. The van der Waals surface area contributed by atoms with Crippen LogP contribution in [0.3, 0.4) is 0 Å². The SMILES string of the molecule is O=C(Cn1cccc(Br)c1=O)C1CCOC1. The second kappa shape index (κ2) is 4.93. The van der Waals surface area contributed by atoms with Crippen molar-refractivity contribution in [3.05, 3.63) is 33.2 Å². The number of Topliss-reactive ketones (excluding diaryl/α,β-unsaturated/α-hetero) is 1. The van der Waals surface area contributed by atoms with E-state index < -0.39 is 0 Å². The maximum absolute atomic E-state index is 11.8. The molecule has 0 aliphatic carbocycles. The molecule has 5 heteroatoms. The number of halogens is 1. The van der Waals surface area contributed by atoms with E-state index in [1.165, 1.54) is 4.57 Å². The second-order valence-electron chi connectivity index (χ2n) is 3.82. The van der Waals surface area contributed by atoms with Crippen molar-refractivity contribution < 1.29 is 9.53 Å². The number of ketones is 1. The fraction of sp³-hybridized carbons (Fsp3) is 0.455. The Bertz CT molecular complexity index is 449. The van der Waals surface area contributed by atoms with Crippen molar-refractivity contribution in [1.29, 1.82) is 0 Å². The first-order valence-electron chi connectivity index (χ1n) is 5.14. The number of rotatable bonds is 3. The van der Waals surface area contributed by atoms with Crippen molar-refractivity contribution in [1.82, 2.24) is 4.57 Å². The van der Waals surface area contributed by atoms with E-state index in [-0.39, 0.29) is 23.8 Å². The Hall–Kier alpha value is -0.940. The third-order valence-electron chi connectivity index (χ3n) is 2.68. The summed E-state index contributed by atoms with van der Waals surface area (Å²) in [7, 11) is 0. The number of carbonyl (C=O) groups excluding carboxylic acids is 1. The minimum atomic E-state index is -0.172. The van der Waals surface area contributed by atoms with Gasteiger partial charge in [-0.05, 0) is 34.5 Å². The van der Waals surface area contributed by atoms with Crippen LogP contribution < -0.4 is 5.56 Å². The third kappa shape index (κ3) is 2.41. The molecular formula is C11H12BrNO3. The molecule has 1 aromatic rings. The van der Waals surface area contributed by atoms with Gasteiger partial charge >= 0.3 is 0 Å². The summed E-state index contributed by atoms with van der Waals surface area (Å²) < 4.78 is 7.05. The lowest BCUT2D eigenvalue weighted by molar-refractivity contribution is -0.123. The molecule has 1 aliphatic heterocycles. The van der Waals surface area contributed by atoms with Crippen molar-refractivity contribution in [3.8, 4) is 0 Å². The molecule has 2 rings (SSSR count). The summed E-state index contributed by atoms with van der Waals surface area (Å²) in [6, 6.07) is 3.41. The highest BCUT2D eigenvalue weighted by Gasteiger charge is 2.23. The molecule has 1 aliphatic rings. The van der Waals surface area contributed by atoms with E-state index in [0.717, 1.165) is 6.42 Å². The number of hydrogen-bond acceptors (Lipinski definition) is 3. The van der Waals surface area contributed by atoms with Crippen LogP contribution in [0.25, 0.3) is 0 Å². The Kier molecular flexibility index (Phi) is 3.56. The zero-order chi connectivity index (χ0) is 11.5. The minimum Gasteiger partial charge on any atom is -0.381 e. The number of ether oxygens (including phenoxy) is 1. The van der Waals surface area contributed by atoms with Gasteiger partial charge in [-0.1, -0.05) is 0 Å². The maximum Gasteiger partial charge on any atom is 0.265 e. The minimum absolute atomic E-state index is 0.0501. The molecule has 0 aromatic carbocycles. The van der Waals surface area contributed by atoms with Crippen LogP contribution in [0.15, 0.2) is 27.6 Å². The van der Waals surface area contributed by atoms with Crippen molar-refractivity contribution in [3.63, 3.8) is 0 Å². The molecule has 0 N–H and O–H groups in total. The van der Waals surface area contributed by atoms with Gasteiger partial charge in [0.1, 0.15) is 0 Å². The lowest BCUT2D eigenvalue weighted by Crippen LogP contribution is -2.27. The average Bonchev–Trinajstić information content (AvgIpc) is 2.78. The Balaban J connectivity index is 2.11. The first kappa shape index (κ1) is 11.5. The molecule has 16 heavy (non-hydrogen) atoms. The van der Waals surface area contributed by atoms with Gasteiger partial charge in [0.05, 0.1) is 17.6 Å². The van der Waals surface area contributed by atoms with E-state index in [1.807, 2.05) is 0 Å². The molecule has 86 valence electrons. The summed E-state index contributed by atoms with van der Waals surface area (Å²) in [5.74, 6) is 0.0172. The number of nitrogens with zero attached hydrogens (tertiary/aromatic N) is 1. The van der Waals surface area contributed by atoms with Crippen LogP contribution in [0.4, 0.5) is 0 Å². The van der Waals surface area contributed by atoms with Crippen LogP contribution >= 0.6 is 15.9 Å². The van der Waals surface area contributed by atoms with Crippen LogP contribution in [-0.4, -0.2) is 23.6 Å². The predicted molar refractivity (Wildman–Crippen MR) is 62.3 cm³/mol. The Morgan fingerprint density at radius 3 is 3.12 bits per heavy atom. The molecule has 0 amide bonds. The van der Waals surface area contributed by atoms with Gasteiger partial charge in [0.25, 0.3) is 5.56 Å². The molecule has 1 unspecified atom stereocenters. The van der Waals surface area contributed by atoms with Gasteiger partial charge in [-0.2, -0.15) is 0 Å². The molecule has 1 atom stereocenters. The normalized spacial score (nSPS) is 19.9. The zero-order valence-electron chi connectivity index (χ0n) is 8.69. The predicted octanol–water partition coefficient (Wildman–Crippen LogP) is 1.22. The van der Waals surface area contributed by atoms with Crippen molar-refractivity contribution in [2.75, 3.05) is 13.2 Å². The van der Waals surface area contributed by atoms with Gasteiger partial charge in [0.15, 0.2) is 5.78 Å². The van der Waals surface area contributed by atoms with Crippen LogP contribution in [0.2, 0.25) is 0 Å². The summed E-state index contributed by atoms with van der Waals surface area (Å²) in [4.78, 5) is 23.5. The lowest BCUT2D eigenvalue weighted by atomic mass is 10.0. The number of hydrogen-bond donors (Lipinski definition) is 0. The van der Waals surface area contributed by atoms with Crippen LogP contribution in [-0.2, 0) is 16.1 Å². The molecule has 0 bridgehead atoms. The van der Waals surface area contributed by atoms with E-state index in [1.54, 1.807) is 18.3 Å². The van der Waals surface area contributed by atoms with Gasteiger partial charge in [-0.15, -0.1) is 0 Å². The van der Waals surface area contributed by atoms with E-state index in [4.69, 9.17) is 4.74 Å². The molecule has 1 saturated heterocycles. The smallest absolute Gasteiger partial charge is 0.265 e. The van der Waals surface area contributed by atoms with E-state index in [0.29, 0.717) is 17.7 Å². The summed E-state index contributed by atoms with van der Waals surface area (Å²) in [5, 5.41) is 0. The molecule has 1 fully saturated rings. The fourth-order valence-corrected chi connectivity index (χ4v) is 2.10. The fourth-order valence-electron chi connectivity index (χ4n) is 1.72. The highest BCUT2D eigenvalue weighted by molar-refractivity contribution is 9.10. The summed E-state index contributed by atoms with van der Waals surface area (Å²) in [5.41, 5.74) is -0.172. The summed E-state index contributed by atoms with van der Waals surface area (Å²) >= 11 is 3.15. The number of aromatic nitrogens is 1. The molecule has 1 aromatic heterocycles. The first-order valence-corrected chi connectivity index (χ1v) is 5.93. The second-order valence-corrected chi connectivity index (χ2v) is 4.67. The standard InChI is InChI=1S/C11H12BrNO3/c12-9-2-1-4-13(11(9)15)6-10(14)8-3-5-16-7-8/h1-2,4,8H,3,5-7H2. The van der Waals surface area contributed by atoms with Crippen LogP contribution in [0, 0.1) is 5.92 Å². The van der Waals surface area contributed by atoms with Gasteiger partial charge in [-0.25, -0.2) is 0 Å². The molecule has 4 nitrogen and oxygen atoms in total. The molecule has 0 spiro atoms. The number of pyridine rings is 1. The molecular weight excluding hydrogens is 274 g/mol. The Morgan fingerprint density at radius 2 is 2.44 bits per heavy atom. The van der Waals surface area contributed by atoms with E-state index in [9.17, 15) is 9.59 Å². The van der Waals surface area contributed by atoms with Gasteiger partial charge in [0.2, 0.25) is 0 Å². The topological polar surface area (TPSA) is 48.3 Å². The van der Waals surface area contributed by atoms with E-state index in [2.05, 4.69) is 15.9 Å². The molecule has 0 saturated carbocycles. The third-order valence-corrected chi connectivity index (χ3v) is 3.29. The maximum atomic E-state index is 11.8. The lowest BCUT2D eigenvalue weighted by Gasteiger charge is -2.08.